The second-order valence-corrected chi connectivity index (χ2v) is 4.23. The highest BCUT2D eigenvalue weighted by atomic mass is 32.2. The van der Waals surface area contributed by atoms with Gasteiger partial charge in [0.2, 0.25) is 0 Å². The van der Waals surface area contributed by atoms with Crippen molar-refractivity contribution in [1.82, 2.24) is 14.8 Å². The van der Waals surface area contributed by atoms with E-state index in [9.17, 15) is 4.79 Å². The van der Waals surface area contributed by atoms with Crippen molar-refractivity contribution >= 4 is 17.7 Å². The molecule has 1 aromatic heterocycles. The number of aryl methyl sites for hydroxylation is 1. The molecule has 1 rings (SSSR count). The second kappa shape index (κ2) is 7.29. The molecule has 1 N–H and O–H groups in total. The Morgan fingerprint density at radius 1 is 1.47 bits per heavy atom. The van der Waals surface area contributed by atoms with Crippen molar-refractivity contribution in [2.24, 2.45) is 0 Å². The van der Waals surface area contributed by atoms with E-state index in [4.69, 9.17) is 9.84 Å². The molecule has 17 heavy (non-hydrogen) atoms. The summed E-state index contributed by atoms with van der Waals surface area (Å²) < 4.78 is 7.20. The highest BCUT2D eigenvalue weighted by Gasteiger charge is 2.12. The van der Waals surface area contributed by atoms with E-state index in [1.165, 1.54) is 11.8 Å². The summed E-state index contributed by atoms with van der Waals surface area (Å²) in [6.07, 6.45) is 0.771. The average molecular weight is 259 g/mol. The van der Waals surface area contributed by atoms with E-state index >= 15 is 0 Å². The minimum Gasteiger partial charge on any atom is -0.481 e. The molecule has 0 saturated heterocycles. The summed E-state index contributed by atoms with van der Waals surface area (Å²) in [7, 11) is 0. The molecule has 7 heteroatoms. The number of hydrogen-bond acceptors (Lipinski definition) is 5. The van der Waals surface area contributed by atoms with Crippen LogP contribution >= 0.6 is 11.8 Å². The topological polar surface area (TPSA) is 77.2 Å². The molecule has 0 unspecified atom stereocenters. The fourth-order valence-corrected chi connectivity index (χ4v) is 2.04. The molecule has 1 heterocycles. The van der Waals surface area contributed by atoms with Crippen molar-refractivity contribution in [2.75, 3.05) is 19.0 Å². The van der Waals surface area contributed by atoms with Gasteiger partial charge in [-0.1, -0.05) is 18.7 Å². The lowest BCUT2D eigenvalue weighted by Gasteiger charge is -2.08. The van der Waals surface area contributed by atoms with Crippen LogP contribution in [0.15, 0.2) is 5.16 Å². The van der Waals surface area contributed by atoms with E-state index in [2.05, 4.69) is 10.2 Å². The lowest BCUT2D eigenvalue weighted by atomic mass is 10.4. The van der Waals surface area contributed by atoms with Crippen molar-refractivity contribution in [3.05, 3.63) is 5.82 Å². The molecule has 0 amide bonds. The van der Waals surface area contributed by atoms with Crippen LogP contribution in [0.1, 0.15) is 19.7 Å². The monoisotopic (exact) mass is 259 g/mol. The van der Waals surface area contributed by atoms with Crippen LogP contribution in [0.25, 0.3) is 0 Å². The molecule has 0 spiro atoms. The first-order valence-corrected chi connectivity index (χ1v) is 6.52. The summed E-state index contributed by atoms with van der Waals surface area (Å²) in [6, 6.07) is 0. The molecule has 0 atom stereocenters. The second-order valence-electron chi connectivity index (χ2n) is 3.28. The number of nitrogens with zero attached hydrogens (tertiary/aromatic N) is 3. The molecule has 96 valence electrons. The van der Waals surface area contributed by atoms with Crippen LogP contribution in [0.3, 0.4) is 0 Å². The van der Waals surface area contributed by atoms with Crippen LogP contribution in [0, 0.1) is 0 Å². The number of aliphatic carboxylic acids is 1. The Kier molecular flexibility index (Phi) is 5.99. The normalized spacial score (nSPS) is 10.7. The van der Waals surface area contributed by atoms with Crippen LogP contribution in [-0.4, -0.2) is 44.8 Å². The Labute approximate surface area is 104 Å². The van der Waals surface area contributed by atoms with Crippen molar-refractivity contribution in [3.8, 4) is 0 Å². The van der Waals surface area contributed by atoms with Gasteiger partial charge in [-0.15, -0.1) is 10.2 Å². The first-order chi connectivity index (χ1) is 8.19. The summed E-state index contributed by atoms with van der Waals surface area (Å²) in [5.74, 6) is 0.00114. The maximum Gasteiger partial charge on any atom is 0.313 e. The Morgan fingerprint density at radius 2 is 2.24 bits per heavy atom. The zero-order valence-corrected chi connectivity index (χ0v) is 10.9. The molecule has 1 aromatic rings. The van der Waals surface area contributed by atoms with Gasteiger partial charge in [0.25, 0.3) is 0 Å². The lowest BCUT2D eigenvalue weighted by Crippen LogP contribution is -2.11. The lowest BCUT2D eigenvalue weighted by molar-refractivity contribution is -0.133. The van der Waals surface area contributed by atoms with Gasteiger partial charge in [0, 0.05) is 19.6 Å². The number of hydrogen-bond donors (Lipinski definition) is 1. The van der Waals surface area contributed by atoms with Gasteiger partial charge in [-0.2, -0.15) is 0 Å². The fourth-order valence-electron chi connectivity index (χ4n) is 1.34. The van der Waals surface area contributed by atoms with Crippen LogP contribution in [0.2, 0.25) is 0 Å². The molecular formula is C10H17N3O3S. The SMILES string of the molecule is CCOCCn1c(CC)nnc1SCC(=O)O. The minimum atomic E-state index is -0.854. The Balaban J connectivity index is 2.67. The van der Waals surface area contributed by atoms with E-state index in [0.29, 0.717) is 24.9 Å². The van der Waals surface area contributed by atoms with Gasteiger partial charge in [0.15, 0.2) is 5.16 Å². The van der Waals surface area contributed by atoms with Crippen molar-refractivity contribution in [2.45, 2.75) is 32.0 Å². The minimum absolute atomic E-state index is 0.00349. The first kappa shape index (κ1) is 14.0. The van der Waals surface area contributed by atoms with Crippen LogP contribution in [0.5, 0.6) is 0 Å². The molecule has 0 aliphatic carbocycles. The number of ether oxygens (including phenoxy) is 1. The standard InChI is InChI=1S/C10H17N3O3S/c1-3-8-11-12-10(17-7-9(14)15)13(8)5-6-16-4-2/h3-7H2,1-2H3,(H,14,15). The van der Waals surface area contributed by atoms with Crippen LogP contribution in [-0.2, 0) is 22.5 Å². The smallest absolute Gasteiger partial charge is 0.313 e. The van der Waals surface area contributed by atoms with Gasteiger partial charge in [-0.25, -0.2) is 0 Å². The van der Waals surface area contributed by atoms with Crippen LogP contribution < -0.4 is 0 Å². The molecule has 0 fully saturated rings. The Bertz CT molecular complexity index is 368. The molecule has 0 bridgehead atoms. The largest absolute Gasteiger partial charge is 0.481 e. The quantitative estimate of drug-likeness (QED) is 0.555. The van der Waals surface area contributed by atoms with Crippen molar-refractivity contribution in [1.29, 1.82) is 0 Å². The van der Waals surface area contributed by atoms with E-state index < -0.39 is 5.97 Å². The number of carboxylic acids is 1. The van der Waals surface area contributed by atoms with Crippen molar-refractivity contribution in [3.63, 3.8) is 0 Å². The highest BCUT2D eigenvalue weighted by molar-refractivity contribution is 7.99. The number of carboxylic acid groups (broad SMARTS) is 1. The number of aromatic nitrogens is 3. The van der Waals surface area contributed by atoms with Gasteiger partial charge < -0.3 is 14.4 Å². The summed E-state index contributed by atoms with van der Waals surface area (Å²) >= 11 is 1.18. The predicted molar refractivity (Wildman–Crippen MR) is 64.3 cm³/mol. The summed E-state index contributed by atoms with van der Waals surface area (Å²) in [4.78, 5) is 10.5. The molecule has 0 radical (unpaired) electrons. The first-order valence-electron chi connectivity index (χ1n) is 5.53. The van der Waals surface area contributed by atoms with E-state index in [1.807, 2.05) is 18.4 Å². The molecule has 0 aliphatic heterocycles. The molecule has 0 aromatic carbocycles. The number of carbonyl (C=O) groups is 1. The Hall–Kier alpha value is -1.08. The van der Waals surface area contributed by atoms with Gasteiger partial charge in [-0.3, -0.25) is 4.79 Å². The fraction of sp³-hybridized carbons (Fsp3) is 0.700. The van der Waals surface area contributed by atoms with Crippen molar-refractivity contribution < 1.29 is 14.6 Å². The number of rotatable bonds is 8. The third-order valence-corrected chi connectivity index (χ3v) is 3.05. The molecule has 0 aliphatic rings. The summed E-state index contributed by atoms with van der Waals surface area (Å²) in [6.45, 7) is 5.84. The predicted octanol–water partition coefficient (Wildman–Crippen LogP) is 1.05. The van der Waals surface area contributed by atoms with Gasteiger partial charge in [0.05, 0.1) is 12.4 Å². The summed E-state index contributed by atoms with van der Waals surface area (Å²) in [5, 5.41) is 17.3. The highest BCUT2D eigenvalue weighted by Crippen LogP contribution is 2.17. The third-order valence-electron chi connectivity index (χ3n) is 2.10. The average Bonchev–Trinajstić information content (AvgIpc) is 2.69. The zero-order valence-electron chi connectivity index (χ0n) is 10.0. The zero-order chi connectivity index (χ0) is 12.7. The molecule has 6 nitrogen and oxygen atoms in total. The third kappa shape index (κ3) is 4.35. The van der Waals surface area contributed by atoms with Gasteiger partial charge in [0.1, 0.15) is 5.82 Å². The maximum absolute atomic E-state index is 10.5. The Morgan fingerprint density at radius 3 is 2.82 bits per heavy atom. The van der Waals surface area contributed by atoms with Gasteiger partial charge in [-0.05, 0) is 6.92 Å². The molecule has 0 saturated carbocycles. The summed E-state index contributed by atoms with van der Waals surface area (Å²) in [5.41, 5.74) is 0. The number of thioether (sulfide) groups is 1. The van der Waals surface area contributed by atoms with E-state index in [-0.39, 0.29) is 5.75 Å². The van der Waals surface area contributed by atoms with E-state index in [1.54, 1.807) is 0 Å². The van der Waals surface area contributed by atoms with Gasteiger partial charge >= 0.3 is 5.97 Å². The molecular weight excluding hydrogens is 242 g/mol. The van der Waals surface area contributed by atoms with Crippen LogP contribution in [0.4, 0.5) is 0 Å². The maximum atomic E-state index is 10.5. The van der Waals surface area contributed by atoms with E-state index in [0.717, 1.165) is 12.2 Å².